The average Bonchev–Trinajstić information content (AvgIpc) is 3.32. The van der Waals surface area contributed by atoms with Gasteiger partial charge in [-0.15, -0.1) is 0 Å². The number of nitrogens with zero attached hydrogens (tertiary/aromatic N) is 1. The summed E-state index contributed by atoms with van der Waals surface area (Å²) in [4.78, 5) is 28.3. The van der Waals surface area contributed by atoms with E-state index in [4.69, 9.17) is 4.42 Å². The van der Waals surface area contributed by atoms with Crippen molar-refractivity contribution in [1.29, 1.82) is 0 Å². The number of aromatic nitrogens is 1. The van der Waals surface area contributed by atoms with Crippen LogP contribution in [0.4, 0.5) is 6.01 Å². The SMILES string of the molecule is CC(=O)Nc1ncc(Sc2ccc(C(=O)NC3CC4CCC3N4)cc2)o1. The summed E-state index contributed by atoms with van der Waals surface area (Å²) in [6.07, 6.45) is 4.93. The number of fused-ring (bicyclic) bond motifs is 2. The molecule has 3 N–H and O–H groups in total. The summed E-state index contributed by atoms with van der Waals surface area (Å²) in [6.45, 7) is 1.40. The molecule has 0 saturated carbocycles. The Morgan fingerprint density at radius 1 is 1.27 bits per heavy atom. The van der Waals surface area contributed by atoms with Crippen molar-refractivity contribution in [3.63, 3.8) is 0 Å². The van der Waals surface area contributed by atoms with Crippen molar-refractivity contribution in [2.24, 2.45) is 0 Å². The van der Waals surface area contributed by atoms with Gasteiger partial charge in [0, 0.05) is 35.5 Å². The summed E-state index contributed by atoms with van der Waals surface area (Å²) in [5.41, 5.74) is 0.647. The second-order valence-corrected chi connectivity index (χ2v) is 7.73. The normalized spacial score (nSPS) is 23.8. The van der Waals surface area contributed by atoms with E-state index in [0.29, 0.717) is 22.7 Å². The predicted octanol–water partition coefficient (Wildman–Crippen LogP) is 2.41. The number of hydrogen-bond donors (Lipinski definition) is 3. The molecule has 0 aliphatic carbocycles. The smallest absolute Gasteiger partial charge is 0.302 e. The number of hydrogen-bond acceptors (Lipinski definition) is 6. The van der Waals surface area contributed by atoms with E-state index in [9.17, 15) is 9.59 Å². The van der Waals surface area contributed by atoms with E-state index in [1.165, 1.54) is 25.1 Å². The minimum Gasteiger partial charge on any atom is -0.416 e. The van der Waals surface area contributed by atoms with Crippen molar-refractivity contribution in [2.75, 3.05) is 5.32 Å². The van der Waals surface area contributed by atoms with Crippen LogP contribution in [0.2, 0.25) is 0 Å². The molecule has 1 aromatic heterocycles. The predicted molar refractivity (Wildman–Crippen MR) is 97.2 cm³/mol. The highest BCUT2D eigenvalue weighted by atomic mass is 32.2. The number of rotatable bonds is 5. The highest BCUT2D eigenvalue weighted by Crippen LogP contribution is 2.30. The van der Waals surface area contributed by atoms with Crippen LogP contribution in [0, 0.1) is 0 Å². The Balaban J connectivity index is 1.35. The number of carbonyl (C=O) groups is 2. The summed E-state index contributed by atoms with van der Waals surface area (Å²) in [6, 6.07) is 8.76. The Morgan fingerprint density at radius 3 is 2.73 bits per heavy atom. The third-order valence-electron chi connectivity index (χ3n) is 4.72. The fourth-order valence-corrected chi connectivity index (χ4v) is 4.27. The molecule has 3 heterocycles. The maximum atomic E-state index is 12.4. The molecule has 8 heteroatoms. The summed E-state index contributed by atoms with van der Waals surface area (Å²) in [5.74, 6) is -0.266. The van der Waals surface area contributed by atoms with Crippen LogP contribution in [0.5, 0.6) is 0 Å². The minimum atomic E-state index is -0.232. The highest BCUT2D eigenvalue weighted by Gasteiger charge is 2.39. The van der Waals surface area contributed by atoms with E-state index in [2.05, 4.69) is 20.9 Å². The molecule has 2 amide bonds. The van der Waals surface area contributed by atoms with Gasteiger partial charge in [-0.1, -0.05) is 11.8 Å². The second-order valence-electron chi connectivity index (χ2n) is 6.66. The number of benzene rings is 1. The van der Waals surface area contributed by atoms with Gasteiger partial charge in [0.2, 0.25) is 5.91 Å². The Labute approximate surface area is 155 Å². The van der Waals surface area contributed by atoms with E-state index in [0.717, 1.165) is 17.7 Å². The van der Waals surface area contributed by atoms with Crippen LogP contribution in [0.15, 0.2) is 44.9 Å². The summed E-state index contributed by atoms with van der Waals surface area (Å²) in [7, 11) is 0. The number of carbonyl (C=O) groups excluding carboxylic acids is 2. The maximum absolute atomic E-state index is 12.4. The zero-order valence-electron chi connectivity index (χ0n) is 14.3. The molecule has 2 aliphatic heterocycles. The fourth-order valence-electron chi connectivity index (χ4n) is 3.54. The lowest BCUT2D eigenvalue weighted by Crippen LogP contribution is -2.42. The number of oxazole rings is 1. The lowest BCUT2D eigenvalue weighted by Gasteiger charge is -2.21. The molecule has 1 aromatic carbocycles. The summed E-state index contributed by atoms with van der Waals surface area (Å²) >= 11 is 1.38. The summed E-state index contributed by atoms with van der Waals surface area (Å²) in [5, 5.41) is 9.73. The van der Waals surface area contributed by atoms with Crippen LogP contribution in [0.1, 0.15) is 36.5 Å². The number of amides is 2. The van der Waals surface area contributed by atoms with Gasteiger partial charge in [-0.05, 0) is 43.5 Å². The maximum Gasteiger partial charge on any atom is 0.302 e. The highest BCUT2D eigenvalue weighted by molar-refractivity contribution is 7.99. The van der Waals surface area contributed by atoms with Crippen LogP contribution in [0.3, 0.4) is 0 Å². The van der Waals surface area contributed by atoms with Gasteiger partial charge in [-0.2, -0.15) is 0 Å². The topological polar surface area (TPSA) is 96.3 Å². The van der Waals surface area contributed by atoms with Gasteiger partial charge in [-0.25, -0.2) is 4.98 Å². The fraction of sp³-hybridized carbons (Fsp3) is 0.389. The third-order valence-corrected chi connectivity index (χ3v) is 5.62. The lowest BCUT2D eigenvalue weighted by atomic mass is 9.95. The zero-order chi connectivity index (χ0) is 18.1. The number of anilines is 1. The van der Waals surface area contributed by atoms with E-state index >= 15 is 0 Å². The first-order chi connectivity index (χ1) is 12.6. The first-order valence-electron chi connectivity index (χ1n) is 8.65. The lowest BCUT2D eigenvalue weighted by molar-refractivity contribution is -0.114. The molecule has 0 spiro atoms. The van der Waals surface area contributed by atoms with Crippen LogP contribution in [-0.2, 0) is 4.79 Å². The van der Waals surface area contributed by atoms with E-state index in [-0.39, 0.29) is 23.9 Å². The van der Waals surface area contributed by atoms with Gasteiger partial charge >= 0.3 is 6.01 Å². The first-order valence-corrected chi connectivity index (χ1v) is 9.47. The number of nitrogens with one attached hydrogen (secondary N) is 3. The molecule has 0 radical (unpaired) electrons. The van der Waals surface area contributed by atoms with Crippen molar-refractivity contribution in [3.05, 3.63) is 36.0 Å². The van der Waals surface area contributed by atoms with Crippen LogP contribution in [-0.4, -0.2) is 34.9 Å². The van der Waals surface area contributed by atoms with E-state index < -0.39 is 0 Å². The van der Waals surface area contributed by atoms with Gasteiger partial charge in [-0.3, -0.25) is 14.9 Å². The molecule has 2 saturated heterocycles. The van der Waals surface area contributed by atoms with Gasteiger partial charge in [0.1, 0.15) is 0 Å². The van der Waals surface area contributed by atoms with Crippen molar-refractivity contribution in [1.82, 2.24) is 15.6 Å². The molecule has 26 heavy (non-hydrogen) atoms. The Kier molecular flexibility index (Phi) is 4.69. The van der Waals surface area contributed by atoms with Gasteiger partial charge in [0.05, 0.1) is 6.20 Å². The second kappa shape index (κ2) is 7.13. The Hall–Kier alpha value is -2.32. The molecule has 7 nitrogen and oxygen atoms in total. The van der Waals surface area contributed by atoms with E-state index in [1.54, 1.807) is 6.20 Å². The van der Waals surface area contributed by atoms with Crippen molar-refractivity contribution < 1.29 is 14.0 Å². The Bertz CT molecular complexity index is 820. The minimum absolute atomic E-state index is 0.0338. The molecule has 3 unspecified atom stereocenters. The monoisotopic (exact) mass is 372 g/mol. The quantitative estimate of drug-likeness (QED) is 0.746. The molecule has 3 atom stereocenters. The molecule has 2 fully saturated rings. The van der Waals surface area contributed by atoms with Crippen LogP contribution < -0.4 is 16.0 Å². The van der Waals surface area contributed by atoms with Crippen molar-refractivity contribution in [3.8, 4) is 0 Å². The molecule has 4 rings (SSSR count). The molecule has 136 valence electrons. The van der Waals surface area contributed by atoms with Crippen molar-refractivity contribution >= 4 is 29.6 Å². The van der Waals surface area contributed by atoms with Crippen LogP contribution in [0.25, 0.3) is 0 Å². The molecule has 2 aliphatic rings. The third kappa shape index (κ3) is 3.76. The van der Waals surface area contributed by atoms with Gasteiger partial charge < -0.3 is 15.1 Å². The standard InChI is InChI=1S/C18H20N4O3S/c1-10(23)20-18-19-9-16(25-18)26-13-5-2-11(3-6-13)17(24)22-15-8-12-4-7-14(15)21-12/h2-3,5-6,9,12,14-15,21H,4,7-8H2,1H3,(H,22,24)(H,19,20,23). The zero-order valence-corrected chi connectivity index (χ0v) is 15.1. The van der Waals surface area contributed by atoms with Gasteiger partial charge in [0.25, 0.3) is 5.91 Å². The summed E-state index contributed by atoms with van der Waals surface area (Å²) < 4.78 is 5.43. The molecule has 2 bridgehead atoms. The molecular formula is C18H20N4O3S. The molecule has 2 aromatic rings. The largest absolute Gasteiger partial charge is 0.416 e. The van der Waals surface area contributed by atoms with E-state index in [1.807, 2.05) is 24.3 Å². The van der Waals surface area contributed by atoms with Gasteiger partial charge in [0.15, 0.2) is 5.09 Å². The Morgan fingerprint density at radius 2 is 2.08 bits per heavy atom. The van der Waals surface area contributed by atoms with Crippen LogP contribution >= 0.6 is 11.8 Å². The van der Waals surface area contributed by atoms with Crippen molar-refractivity contribution in [2.45, 2.75) is 54.3 Å². The first kappa shape index (κ1) is 17.1. The molecular weight excluding hydrogens is 352 g/mol. The average molecular weight is 372 g/mol.